The van der Waals surface area contributed by atoms with E-state index in [1.165, 1.54) is 10.6 Å². The first-order valence-corrected chi connectivity index (χ1v) is 8.31. The van der Waals surface area contributed by atoms with Gasteiger partial charge in [0.1, 0.15) is 6.29 Å². The van der Waals surface area contributed by atoms with Crippen LogP contribution >= 0.6 is 8.07 Å². The molecule has 1 unspecified atom stereocenters. The van der Waals surface area contributed by atoms with Crippen molar-refractivity contribution in [3.05, 3.63) is 60.7 Å². The van der Waals surface area contributed by atoms with Gasteiger partial charge in [-0.15, -0.1) is 0 Å². The van der Waals surface area contributed by atoms with Crippen molar-refractivity contribution in [2.45, 2.75) is 18.9 Å². The number of carbonyl (C=O) groups is 1. The SMILES string of the molecule is O=CC1CCCN1P(c1ccccc1)c1ccccc1. The van der Waals surface area contributed by atoms with Crippen molar-refractivity contribution >= 4 is 25.0 Å². The Morgan fingerprint density at radius 1 is 0.950 bits per heavy atom. The zero-order valence-electron chi connectivity index (χ0n) is 11.4. The standard InChI is InChI=1S/C17H18NOP/c19-14-15-8-7-13-18(15)20(16-9-3-1-4-10-16)17-11-5-2-6-12-17/h1-6,9-12,14-15H,7-8,13H2. The number of benzene rings is 2. The predicted octanol–water partition coefficient (Wildman–Crippen LogP) is 2.70. The van der Waals surface area contributed by atoms with Gasteiger partial charge < -0.3 is 4.79 Å². The Balaban J connectivity index is 2.02. The minimum Gasteiger partial charge on any atom is -0.302 e. The molecule has 3 heteroatoms. The number of hydrogen-bond donors (Lipinski definition) is 0. The fourth-order valence-corrected chi connectivity index (χ4v) is 5.36. The molecule has 0 saturated carbocycles. The topological polar surface area (TPSA) is 20.3 Å². The highest BCUT2D eigenvalue weighted by Crippen LogP contribution is 2.43. The molecule has 2 aromatic rings. The summed E-state index contributed by atoms with van der Waals surface area (Å²) in [6.07, 6.45) is 3.22. The molecule has 0 amide bonds. The summed E-state index contributed by atoms with van der Waals surface area (Å²) < 4.78 is 2.40. The quantitative estimate of drug-likeness (QED) is 0.635. The molecule has 0 spiro atoms. The van der Waals surface area contributed by atoms with Crippen LogP contribution in [0.25, 0.3) is 0 Å². The lowest BCUT2D eigenvalue weighted by Crippen LogP contribution is -2.33. The lowest BCUT2D eigenvalue weighted by Gasteiger charge is -2.31. The van der Waals surface area contributed by atoms with E-state index in [1.807, 2.05) is 12.1 Å². The van der Waals surface area contributed by atoms with Gasteiger partial charge in [-0.1, -0.05) is 60.7 Å². The van der Waals surface area contributed by atoms with Gasteiger partial charge in [0.2, 0.25) is 0 Å². The van der Waals surface area contributed by atoms with Gasteiger partial charge in [0.15, 0.2) is 0 Å². The Kier molecular flexibility index (Phi) is 4.25. The fraction of sp³-hybridized carbons (Fsp3) is 0.235. The highest BCUT2D eigenvalue weighted by molar-refractivity contribution is 7.70. The summed E-state index contributed by atoms with van der Waals surface area (Å²) in [5.41, 5.74) is 0. The zero-order chi connectivity index (χ0) is 13.8. The summed E-state index contributed by atoms with van der Waals surface area (Å²) >= 11 is 0. The van der Waals surface area contributed by atoms with Crippen LogP contribution in [0.4, 0.5) is 0 Å². The van der Waals surface area contributed by atoms with Gasteiger partial charge in [-0.25, -0.2) is 0 Å². The molecule has 1 atom stereocenters. The molecule has 102 valence electrons. The van der Waals surface area contributed by atoms with E-state index in [0.29, 0.717) is 0 Å². The summed E-state index contributed by atoms with van der Waals surface area (Å²) in [7, 11) is -0.595. The van der Waals surface area contributed by atoms with Gasteiger partial charge in [0, 0.05) is 14.6 Å². The molecule has 1 aliphatic heterocycles. The third-order valence-electron chi connectivity index (χ3n) is 3.69. The second kappa shape index (κ2) is 6.30. The second-order valence-electron chi connectivity index (χ2n) is 4.99. The molecule has 3 rings (SSSR count). The van der Waals surface area contributed by atoms with Gasteiger partial charge in [0.25, 0.3) is 0 Å². The second-order valence-corrected chi connectivity index (χ2v) is 7.16. The third kappa shape index (κ3) is 2.67. The van der Waals surface area contributed by atoms with E-state index in [4.69, 9.17) is 0 Å². The normalized spacial score (nSPS) is 19.4. The molecule has 0 radical (unpaired) electrons. The van der Waals surface area contributed by atoms with Crippen molar-refractivity contribution < 1.29 is 4.79 Å². The van der Waals surface area contributed by atoms with E-state index >= 15 is 0 Å². The minimum absolute atomic E-state index is 0.0709. The molecule has 2 aromatic carbocycles. The number of rotatable bonds is 4. The minimum atomic E-state index is -0.595. The molecule has 20 heavy (non-hydrogen) atoms. The van der Waals surface area contributed by atoms with E-state index in [2.05, 4.69) is 53.2 Å². The largest absolute Gasteiger partial charge is 0.302 e. The van der Waals surface area contributed by atoms with E-state index in [-0.39, 0.29) is 6.04 Å². The molecule has 1 saturated heterocycles. The van der Waals surface area contributed by atoms with Gasteiger partial charge in [-0.05, 0) is 23.5 Å². The van der Waals surface area contributed by atoms with Crippen molar-refractivity contribution in [2.24, 2.45) is 0 Å². The van der Waals surface area contributed by atoms with Crippen LogP contribution in [-0.4, -0.2) is 23.5 Å². The molecule has 0 bridgehead atoms. The lowest BCUT2D eigenvalue weighted by atomic mass is 10.2. The zero-order valence-corrected chi connectivity index (χ0v) is 12.2. The Labute approximate surface area is 121 Å². The number of aldehydes is 1. The molecule has 1 aliphatic rings. The summed E-state index contributed by atoms with van der Waals surface area (Å²) in [4.78, 5) is 11.4. The van der Waals surface area contributed by atoms with Crippen molar-refractivity contribution in [2.75, 3.05) is 6.54 Å². The summed E-state index contributed by atoms with van der Waals surface area (Å²) in [5, 5.41) is 2.64. The Bertz CT molecular complexity index is 518. The average Bonchev–Trinajstić information content (AvgIpc) is 2.98. The van der Waals surface area contributed by atoms with E-state index in [1.54, 1.807) is 0 Å². The van der Waals surface area contributed by atoms with Crippen LogP contribution < -0.4 is 10.6 Å². The Morgan fingerprint density at radius 3 is 2.00 bits per heavy atom. The Morgan fingerprint density at radius 2 is 1.50 bits per heavy atom. The molecule has 2 nitrogen and oxygen atoms in total. The predicted molar refractivity (Wildman–Crippen MR) is 84.9 cm³/mol. The lowest BCUT2D eigenvalue weighted by molar-refractivity contribution is -0.110. The highest BCUT2D eigenvalue weighted by atomic mass is 31.1. The van der Waals surface area contributed by atoms with E-state index in [9.17, 15) is 4.79 Å². The molecular weight excluding hydrogens is 265 g/mol. The number of carbonyl (C=O) groups excluding carboxylic acids is 1. The van der Waals surface area contributed by atoms with Crippen LogP contribution in [0.15, 0.2) is 60.7 Å². The van der Waals surface area contributed by atoms with Crippen molar-refractivity contribution in [3.63, 3.8) is 0 Å². The molecule has 0 N–H and O–H groups in total. The maximum absolute atomic E-state index is 11.4. The smallest absolute Gasteiger partial charge is 0.137 e. The maximum atomic E-state index is 11.4. The van der Waals surface area contributed by atoms with Gasteiger partial charge in [-0.3, -0.25) is 4.67 Å². The van der Waals surface area contributed by atoms with Gasteiger partial charge >= 0.3 is 0 Å². The van der Waals surface area contributed by atoms with Crippen molar-refractivity contribution in [1.29, 1.82) is 0 Å². The van der Waals surface area contributed by atoms with Crippen LogP contribution in [0.1, 0.15) is 12.8 Å². The molecule has 0 aromatic heterocycles. The summed E-state index contributed by atoms with van der Waals surface area (Å²) in [5.74, 6) is 0. The molecular formula is C17H18NOP. The first kappa shape index (κ1) is 13.5. The van der Waals surface area contributed by atoms with Crippen LogP contribution in [-0.2, 0) is 4.79 Å². The van der Waals surface area contributed by atoms with Crippen LogP contribution in [0.3, 0.4) is 0 Å². The Hall–Kier alpha value is -1.50. The van der Waals surface area contributed by atoms with Gasteiger partial charge in [0.05, 0.1) is 6.04 Å². The number of nitrogens with zero attached hydrogens (tertiary/aromatic N) is 1. The third-order valence-corrected chi connectivity index (χ3v) is 6.27. The highest BCUT2D eigenvalue weighted by Gasteiger charge is 2.32. The van der Waals surface area contributed by atoms with Crippen molar-refractivity contribution in [3.8, 4) is 0 Å². The molecule has 0 aliphatic carbocycles. The van der Waals surface area contributed by atoms with Crippen LogP contribution in [0, 0.1) is 0 Å². The summed E-state index contributed by atoms with van der Waals surface area (Å²) in [6.45, 7) is 1.01. The van der Waals surface area contributed by atoms with E-state index in [0.717, 1.165) is 25.7 Å². The maximum Gasteiger partial charge on any atom is 0.137 e. The van der Waals surface area contributed by atoms with Crippen LogP contribution in [0.2, 0.25) is 0 Å². The summed E-state index contributed by atoms with van der Waals surface area (Å²) in [6, 6.07) is 21.2. The first-order valence-electron chi connectivity index (χ1n) is 7.02. The number of hydrogen-bond acceptors (Lipinski definition) is 2. The van der Waals surface area contributed by atoms with E-state index < -0.39 is 8.07 Å². The van der Waals surface area contributed by atoms with Crippen LogP contribution in [0.5, 0.6) is 0 Å². The monoisotopic (exact) mass is 283 g/mol. The molecule has 1 heterocycles. The fourth-order valence-electron chi connectivity index (χ4n) is 2.75. The van der Waals surface area contributed by atoms with Gasteiger partial charge in [-0.2, -0.15) is 0 Å². The molecule has 1 fully saturated rings. The van der Waals surface area contributed by atoms with Crippen molar-refractivity contribution in [1.82, 2.24) is 4.67 Å². The average molecular weight is 283 g/mol. The first-order chi connectivity index (χ1) is 9.90.